The molecular weight excluding hydrogens is 344 g/mol. The molecule has 0 bridgehead atoms. The van der Waals surface area contributed by atoms with Gasteiger partial charge in [0, 0.05) is 17.8 Å². The van der Waals surface area contributed by atoms with Crippen molar-refractivity contribution in [3.8, 4) is 17.3 Å². The molecule has 2 fully saturated rings. The minimum absolute atomic E-state index is 0.0308. The van der Waals surface area contributed by atoms with Crippen LogP contribution >= 0.6 is 0 Å². The quantitative estimate of drug-likeness (QED) is 0.848. The lowest BCUT2D eigenvalue weighted by molar-refractivity contribution is -0.0528. The first-order valence-electron chi connectivity index (χ1n) is 7.77. The Morgan fingerprint density at radius 3 is 2.76 bits per heavy atom. The Hall–Kier alpha value is -2.23. The maximum atomic E-state index is 14.4. The highest BCUT2D eigenvalue weighted by atomic mass is 19.3. The Morgan fingerprint density at radius 2 is 2.04 bits per heavy atom. The van der Waals surface area contributed by atoms with Gasteiger partial charge >= 0.3 is 6.61 Å². The molecule has 1 unspecified atom stereocenters. The zero-order valence-electron chi connectivity index (χ0n) is 12.9. The third kappa shape index (κ3) is 2.55. The number of ether oxygens (including phenoxy) is 1. The number of halogens is 4. The van der Waals surface area contributed by atoms with Crippen LogP contribution in [0.2, 0.25) is 0 Å². The molecule has 1 spiro atoms. The van der Waals surface area contributed by atoms with Crippen molar-refractivity contribution < 1.29 is 26.8 Å². The van der Waals surface area contributed by atoms with Gasteiger partial charge in [-0.3, -0.25) is 0 Å². The summed E-state index contributed by atoms with van der Waals surface area (Å²) in [6, 6.07) is 2.66. The second-order valence-corrected chi connectivity index (χ2v) is 6.18. The second-order valence-electron chi connectivity index (χ2n) is 6.18. The molecule has 0 aromatic carbocycles. The van der Waals surface area contributed by atoms with Gasteiger partial charge in [0.05, 0.1) is 5.41 Å². The van der Waals surface area contributed by atoms with Crippen LogP contribution in [0.5, 0.6) is 5.88 Å². The monoisotopic (exact) mass is 358 g/mol. The van der Waals surface area contributed by atoms with Crippen LogP contribution in [0.4, 0.5) is 17.6 Å². The van der Waals surface area contributed by atoms with Crippen LogP contribution in [0, 0.1) is 5.41 Å². The summed E-state index contributed by atoms with van der Waals surface area (Å²) >= 11 is 0. The molecule has 2 aliphatic rings. The molecular formula is C15H14F4N4O2. The SMILES string of the molecule is FC(F)Oc1cc(-c2noc(C3C(F)(F)C34CCNCC4)n2)ccn1. The summed E-state index contributed by atoms with van der Waals surface area (Å²) in [5, 5.41) is 6.77. The number of nitrogens with zero attached hydrogens (tertiary/aromatic N) is 3. The van der Waals surface area contributed by atoms with E-state index in [1.807, 2.05) is 0 Å². The predicted molar refractivity (Wildman–Crippen MR) is 76.4 cm³/mol. The van der Waals surface area contributed by atoms with Crippen LogP contribution in [0.3, 0.4) is 0 Å². The van der Waals surface area contributed by atoms with Crippen molar-refractivity contribution in [3.05, 3.63) is 24.2 Å². The fraction of sp³-hybridized carbons (Fsp3) is 0.533. The molecule has 1 atom stereocenters. The van der Waals surface area contributed by atoms with E-state index in [9.17, 15) is 17.6 Å². The normalized spacial score (nSPS) is 23.8. The number of hydrogen-bond donors (Lipinski definition) is 1. The van der Waals surface area contributed by atoms with Gasteiger partial charge in [-0.15, -0.1) is 0 Å². The molecule has 1 saturated carbocycles. The van der Waals surface area contributed by atoms with E-state index >= 15 is 0 Å². The van der Waals surface area contributed by atoms with Crippen LogP contribution in [0.15, 0.2) is 22.9 Å². The lowest BCUT2D eigenvalue weighted by Gasteiger charge is -2.22. The van der Waals surface area contributed by atoms with Crippen molar-refractivity contribution in [2.45, 2.75) is 31.3 Å². The fourth-order valence-electron chi connectivity index (χ4n) is 3.57. The van der Waals surface area contributed by atoms with Gasteiger partial charge in [0.1, 0.15) is 5.92 Å². The predicted octanol–water partition coefficient (Wildman–Crippen LogP) is 2.84. The Bertz CT molecular complexity index is 776. The third-order valence-electron chi connectivity index (χ3n) is 4.88. The smallest absolute Gasteiger partial charge is 0.388 e. The van der Waals surface area contributed by atoms with Crippen LogP contribution in [0.25, 0.3) is 11.4 Å². The average Bonchev–Trinajstić information content (AvgIpc) is 2.91. The Kier molecular flexibility index (Phi) is 3.67. The maximum absolute atomic E-state index is 14.4. The summed E-state index contributed by atoms with van der Waals surface area (Å²) in [5.74, 6) is -4.41. The molecule has 0 amide bonds. The summed E-state index contributed by atoms with van der Waals surface area (Å²) in [5.41, 5.74) is -0.839. The summed E-state index contributed by atoms with van der Waals surface area (Å²) in [7, 11) is 0. The zero-order valence-corrected chi connectivity index (χ0v) is 12.9. The van der Waals surface area contributed by atoms with Crippen molar-refractivity contribution in [2.24, 2.45) is 5.41 Å². The van der Waals surface area contributed by atoms with Gasteiger partial charge in [0.15, 0.2) is 0 Å². The number of hydrogen-bond acceptors (Lipinski definition) is 6. The minimum atomic E-state index is -3.02. The summed E-state index contributed by atoms with van der Waals surface area (Å²) in [4.78, 5) is 7.69. The minimum Gasteiger partial charge on any atom is -0.417 e. The van der Waals surface area contributed by atoms with E-state index in [-0.39, 0.29) is 17.6 Å². The van der Waals surface area contributed by atoms with Crippen molar-refractivity contribution in [3.63, 3.8) is 0 Å². The first-order chi connectivity index (χ1) is 11.9. The van der Waals surface area contributed by atoms with Crippen molar-refractivity contribution in [1.29, 1.82) is 0 Å². The van der Waals surface area contributed by atoms with Gasteiger partial charge < -0.3 is 14.6 Å². The molecule has 1 N–H and O–H groups in total. The number of pyridine rings is 1. The van der Waals surface area contributed by atoms with Gasteiger partial charge in [-0.2, -0.15) is 13.8 Å². The van der Waals surface area contributed by atoms with Gasteiger partial charge in [-0.1, -0.05) is 5.16 Å². The van der Waals surface area contributed by atoms with E-state index in [1.54, 1.807) is 0 Å². The fourth-order valence-corrected chi connectivity index (χ4v) is 3.57. The molecule has 0 radical (unpaired) electrons. The molecule has 1 saturated heterocycles. The molecule has 4 rings (SSSR count). The highest BCUT2D eigenvalue weighted by Crippen LogP contribution is 2.74. The van der Waals surface area contributed by atoms with Crippen LogP contribution in [-0.2, 0) is 0 Å². The molecule has 3 heterocycles. The number of piperidine rings is 1. The molecule has 134 valence electrons. The molecule has 25 heavy (non-hydrogen) atoms. The van der Waals surface area contributed by atoms with Crippen molar-refractivity contribution >= 4 is 0 Å². The standard InChI is InChI=1S/C15H14F4N4O2/c16-13(17)24-9-7-8(1-4-21-9)11-22-12(25-23-11)10-14(15(10,18)19)2-5-20-6-3-14/h1,4,7,10,13,20H,2-3,5-6H2. The highest BCUT2D eigenvalue weighted by Gasteiger charge is 2.82. The van der Waals surface area contributed by atoms with Crippen LogP contribution in [0.1, 0.15) is 24.7 Å². The number of aromatic nitrogens is 3. The Morgan fingerprint density at radius 1 is 1.28 bits per heavy atom. The van der Waals surface area contributed by atoms with E-state index in [4.69, 9.17) is 4.52 Å². The topological polar surface area (TPSA) is 73.1 Å². The van der Waals surface area contributed by atoms with Gasteiger partial charge in [0.25, 0.3) is 5.92 Å². The maximum Gasteiger partial charge on any atom is 0.388 e. The Balaban J connectivity index is 1.59. The van der Waals surface area contributed by atoms with Crippen molar-refractivity contribution in [1.82, 2.24) is 20.4 Å². The van der Waals surface area contributed by atoms with Gasteiger partial charge in [-0.05, 0) is 32.0 Å². The van der Waals surface area contributed by atoms with E-state index in [2.05, 4.69) is 25.2 Å². The summed E-state index contributed by atoms with van der Waals surface area (Å²) < 4.78 is 62.5. The van der Waals surface area contributed by atoms with Crippen LogP contribution < -0.4 is 10.1 Å². The lowest BCUT2D eigenvalue weighted by atomic mass is 9.91. The first kappa shape index (κ1) is 16.2. The summed E-state index contributed by atoms with van der Waals surface area (Å²) in [6.45, 7) is -1.98. The molecule has 2 aromatic heterocycles. The first-order valence-corrected chi connectivity index (χ1v) is 7.77. The van der Waals surface area contributed by atoms with Gasteiger partial charge in [-0.25, -0.2) is 13.8 Å². The highest BCUT2D eigenvalue weighted by molar-refractivity contribution is 5.55. The largest absolute Gasteiger partial charge is 0.417 e. The number of alkyl halides is 4. The average molecular weight is 358 g/mol. The van der Waals surface area contributed by atoms with E-state index in [0.29, 0.717) is 31.5 Å². The zero-order chi connectivity index (χ0) is 17.7. The molecule has 1 aliphatic heterocycles. The van der Waals surface area contributed by atoms with Crippen molar-refractivity contribution in [2.75, 3.05) is 13.1 Å². The molecule has 2 aromatic rings. The number of nitrogens with one attached hydrogen (secondary N) is 1. The lowest BCUT2D eigenvalue weighted by Crippen LogP contribution is -2.32. The number of rotatable bonds is 4. The van der Waals surface area contributed by atoms with E-state index in [0.717, 1.165) is 0 Å². The third-order valence-corrected chi connectivity index (χ3v) is 4.88. The van der Waals surface area contributed by atoms with E-state index < -0.39 is 23.9 Å². The Labute approximate surface area is 139 Å². The van der Waals surface area contributed by atoms with E-state index in [1.165, 1.54) is 18.3 Å². The van der Waals surface area contributed by atoms with Gasteiger partial charge in [0.2, 0.25) is 17.6 Å². The molecule has 6 nitrogen and oxygen atoms in total. The summed E-state index contributed by atoms with van der Waals surface area (Å²) in [6.07, 6.45) is 1.91. The molecule has 1 aliphatic carbocycles. The second kappa shape index (κ2) is 5.65. The molecule has 10 heteroatoms. The van der Waals surface area contributed by atoms with Crippen LogP contribution in [-0.4, -0.2) is 40.7 Å².